The average Bonchev–Trinajstić information content (AvgIpc) is 2.44. The zero-order valence-electron chi connectivity index (χ0n) is 12.8. The summed E-state index contributed by atoms with van der Waals surface area (Å²) in [6, 6.07) is 7.23. The Labute approximate surface area is 125 Å². The van der Waals surface area contributed by atoms with Crippen LogP contribution in [0.1, 0.15) is 42.6 Å². The molecule has 0 spiro atoms. The Balaban J connectivity index is 2.24. The number of rotatable bonds is 7. The quantitative estimate of drug-likeness (QED) is 0.569. The molecular formula is C16H22O5. The first-order valence-corrected chi connectivity index (χ1v) is 7.10. The molecule has 0 heterocycles. The number of esters is 1. The molecule has 0 bridgehead atoms. The smallest absolute Gasteiger partial charge is 0.459 e. The number of carbonyl (C=O) groups is 2. The van der Waals surface area contributed by atoms with E-state index in [0.717, 1.165) is 5.56 Å². The predicted molar refractivity (Wildman–Crippen MR) is 78.3 cm³/mol. The van der Waals surface area contributed by atoms with Crippen LogP contribution in [0.3, 0.4) is 0 Å². The summed E-state index contributed by atoms with van der Waals surface area (Å²) in [5, 5.41) is 0. The molecule has 0 aliphatic rings. The van der Waals surface area contributed by atoms with E-state index in [0.29, 0.717) is 25.0 Å². The molecule has 0 aliphatic carbocycles. The normalized spacial score (nSPS) is 11.6. The molecule has 1 unspecified atom stereocenters. The van der Waals surface area contributed by atoms with Gasteiger partial charge < -0.3 is 14.2 Å². The molecule has 0 amide bonds. The summed E-state index contributed by atoms with van der Waals surface area (Å²) in [5.74, 6) is -0.339. The van der Waals surface area contributed by atoms with Gasteiger partial charge in [0, 0.05) is 0 Å². The van der Waals surface area contributed by atoms with Crippen LogP contribution in [0.4, 0.5) is 4.79 Å². The molecule has 1 aromatic carbocycles. The Hall–Kier alpha value is -2.04. The summed E-state index contributed by atoms with van der Waals surface area (Å²) in [5.41, 5.74) is 1.63. The second-order valence-corrected chi connectivity index (χ2v) is 4.76. The van der Waals surface area contributed by atoms with Gasteiger partial charge in [-0.3, -0.25) is 0 Å². The van der Waals surface area contributed by atoms with Crippen molar-refractivity contribution in [3.05, 3.63) is 35.4 Å². The van der Waals surface area contributed by atoms with Gasteiger partial charge in [-0.05, 0) is 45.7 Å². The van der Waals surface area contributed by atoms with Crippen LogP contribution in [0.5, 0.6) is 0 Å². The lowest BCUT2D eigenvalue weighted by Crippen LogP contribution is -2.16. The van der Waals surface area contributed by atoms with E-state index in [2.05, 4.69) is 4.74 Å². The maximum absolute atomic E-state index is 11.9. The Morgan fingerprint density at radius 3 is 2.43 bits per heavy atom. The number of aryl methyl sites for hydroxylation is 1. The Morgan fingerprint density at radius 2 is 1.81 bits per heavy atom. The highest BCUT2D eigenvalue weighted by Gasteiger charge is 2.12. The van der Waals surface area contributed by atoms with Crippen molar-refractivity contribution >= 4 is 12.1 Å². The summed E-state index contributed by atoms with van der Waals surface area (Å²) >= 11 is 0. The Morgan fingerprint density at radius 1 is 1.14 bits per heavy atom. The molecule has 0 aliphatic heterocycles. The van der Waals surface area contributed by atoms with Crippen LogP contribution in [-0.2, 0) is 14.2 Å². The van der Waals surface area contributed by atoms with Crippen molar-refractivity contribution in [2.75, 3.05) is 13.2 Å². The molecular weight excluding hydrogens is 272 g/mol. The number of benzene rings is 1. The molecule has 1 rings (SSSR count). The summed E-state index contributed by atoms with van der Waals surface area (Å²) in [7, 11) is 0. The zero-order valence-corrected chi connectivity index (χ0v) is 12.8. The lowest BCUT2D eigenvalue weighted by atomic mass is 10.1. The van der Waals surface area contributed by atoms with Crippen molar-refractivity contribution in [2.24, 2.45) is 0 Å². The largest absolute Gasteiger partial charge is 0.508 e. The summed E-state index contributed by atoms with van der Waals surface area (Å²) < 4.78 is 14.8. The molecule has 0 radical (unpaired) electrons. The fraction of sp³-hybridized carbons (Fsp3) is 0.500. The molecule has 0 saturated carbocycles. The third-order valence-corrected chi connectivity index (χ3v) is 2.83. The van der Waals surface area contributed by atoms with Gasteiger partial charge in [0.2, 0.25) is 0 Å². The standard InChI is InChI=1S/C16H22O5/c1-4-19-16(18)20-11-5-6-13(3)21-15(17)14-9-7-12(2)8-10-14/h7-10,13H,4-6,11H2,1-3H3. The van der Waals surface area contributed by atoms with Crippen LogP contribution in [0, 0.1) is 6.92 Å². The van der Waals surface area contributed by atoms with Gasteiger partial charge in [-0.15, -0.1) is 0 Å². The van der Waals surface area contributed by atoms with Crippen molar-refractivity contribution in [3.63, 3.8) is 0 Å². The van der Waals surface area contributed by atoms with Gasteiger partial charge in [0.25, 0.3) is 0 Å². The van der Waals surface area contributed by atoms with Crippen LogP contribution < -0.4 is 0 Å². The van der Waals surface area contributed by atoms with Crippen LogP contribution in [0.15, 0.2) is 24.3 Å². The fourth-order valence-corrected chi connectivity index (χ4v) is 1.69. The lowest BCUT2D eigenvalue weighted by Gasteiger charge is -2.13. The molecule has 0 saturated heterocycles. The van der Waals surface area contributed by atoms with E-state index in [1.165, 1.54) is 0 Å². The Kier molecular flexibility index (Phi) is 7.29. The van der Waals surface area contributed by atoms with E-state index >= 15 is 0 Å². The molecule has 5 heteroatoms. The molecule has 0 aromatic heterocycles. The highest BCUT2D eigenvalue weighted by atomic mass is 16.7. The molecule has 1 atom stereocenters. The Bertz CT molecular complexity index is 452. The second-order valence-electron chi connectivity index (χ2n) is 4.76. The van der Waals surface area contributed by atoms with E-state index in [4.69, 9.17) is 9.47 Å². The van der Waals surface area contributed by atoms with Gasteiger partial charge in [-0.2, -0.15) is 0 Å². The van der Waals surface area contributed by atoms with E-state index in [1.54, 1.807) is 19.1 Å². The third-order valence-electron chi connectivity index (χ3n) is 2.83. The highest BCUT2D eigenvalue weighted by molar-refractivity contribution is 5.89. The summed E-state index contributed by atoms with van der Waals surface area (Å²) in [6.07, 6.45) is 0.337. The van der Waals surface area contributed by atoms with Crippen LogP contribution >= 0.6 is 0 Å². The van der Waals surface area contributed by atoms with Gasteiger partial charge in [0.1, 0.15) is 0 Å². The first-order chi connectivity index (χ1) is 10.0. The van der Waals surface area contributed by atoms with Crippen molar-refractivity contribution < 1.29 is 23.8 Å². The first kappa shape index (κ1) is 17.0. The third kappa shape index (κ3) is 6.79. The average molecular weight is 294 g/mol. The van der Waals surface area contributed by atoms with Gasteiger partial charge >= 0.3 is 12.1 Å². The van der Waals surface area contributed by atoms with Crippen molar-refractivity contribution in [3.8, 4) is 0 Å². The summed E-state index contributed by atoms with van der Waals surface area (Å²) in [6.45, 7) is 6.04. The predicted octanol–water partition coefficient (Wildman–Crippen LogP) is 3.49. The maximum atomic E-state index is 11.9. The van der Waals surface area contributed by atoms with E-state index in [1.807, 2.05) is 26.0 Å². The number of ether oxygens (including phenoxy) is 3. The molecule has 21 heavy (non-hydrogen) atoms. The second kappa shape index (κ2) is 9.00. The molecule has 5 nitrogen and oxygen atoms in total. The fourth-order valence-electron chi connectivity index (χ4n) is 1.69. The molecule has 0 fully saturated rings. The zero-order chi connectivity index (χ0) is 15.7. The molecule has 0 N–H and O–H groups in total. The monoisotopic (exact) mass is 294 g/mol. The van der Waals surface area contributed by atoms with Gasteiger partial charge in [0.05, 0.1) is 24.9 Å². The van der Waals surface area contributed by atoms with Crippen molar-refractivity contribution in [1.82, 2.24) is 0 Å². The summed E-state index contributed by atoms with van der Waals surface area (Å²) in [4.78, 5) is 22.8. The van der Waals surface area contributed by atoms with E-state index < -0.39 is 6.16 Å². The van der Waals surface area contributed by atoms with Crippen LogP contribution in [-0.4, -0.2) is 31.4 Å². The van der Waals surface area contributed by atoms with Crippen LogP contribution in [0.25, 0.3) is 0 Å². The van der Waals surface area contributed by atoms with Crippen LogP contribution in [0.2, 0.25) is 0 Å². The van der Waals surface area contributed by atoms with Gasteiger partial charge in [0.15, 0.2) is 0 Å². The number of hydrogen-bond acceptors (Lipinski definition) is 5. The maximum Gasteiger partial charge on any atom is 0.508 e. The highest BCUT2D eigenvalue weighted by Crippen LogP contribution is 2.09. The first-order valence-electron chi connectivity index (χ1n) is 7.10. The van der Waals surface area contributed by atoms with Crippen molar-refractivity contribution in [2.45, 2.75) is 39.7 Å². The van der Waals surface area contributed by atoms with E-state index in [-0.39, 0.29) is 18.7 Å². The SMILES string of the molecule is CCOC(=O)OCCCC(C)OC(=O)c1ccc(C)cc1. The van der Waals surface area contributed by atoms with Crippen molar-refractivity contribution in [1.29, 1.82) is 0 Å². The van der Waals surface area contributed by atoms with Gasteiger partial charge in [-0.25, -0.2) is 9.59 Å². The van der Waals surface area contributed by atoms with Gasteiger partial charge in [-0.1, -0.05) is 17.7 Å². The minimum Gasteiger partial charge on any atom is -0.459 e. The minimum atomic E-state index is -0.665. The molecule has 1 aromatic rings. The number of carbonyl (C=O) groups excluding carboxylic acids is 2. The molecule has 116 valence electrons. The minimum absolute atomic E-state index is 0.232. The lowest BCUT2D eigenvalue weighted by molar-refractivity contribution is 0.0276. The number of hydrogen-bond donors (Lipinski definition) is 0. The van der Waals surface area contributed by atoms with E-state index in [9.17, 15) is 9.59 Å². The topological polar surface area (TPSA) is 61.8 Å².